The number of fused-ring (bicyclic) bond motifs is 1. The van der Waals surface area contributed by atoms with Crippen LogP contribution in [-0.4, -0.2) is 16.9 Å². The summed E-state index contributed by atoms with van der Waals surface area (Å²) < 4.78 is 5.61. The molecule has 0 unspecified atom stereocenters. The molecule has 1 N–H and O–H groups in total. The van der Waals surface area contributed by atoms with Crippen LogP contribution in [0.5, 0.6) is 5.75 Å². The number of nitro benzene ring substituents is 1. The minimum absolute atomic E-state index is 0.0200. The van der Waals surface area contributed by atoms with Crippen LogP contribution in [0.2, 0.25) is 0 Å². The van der Waals surface area contributed by atoms with Crippen LogP contribution in [0, 0.1) is 17.0 Å². The van der Waals surface area contributed by atoms with Crippen molar-refractivity contribution in [1.82, 2.24) is 0 Å². The SMILES string of the molecule is Cc1c(NC(=O)[C@@H]2Cc3ccccc3O2)cccc1[N+](=O)[O-]. The van der Waals surface area contributed by atoms with Crippen molar-refractivity contribution in [2.24, 2.45) is 0 Å². The molecule has 3 rings (SSSR count). The van der Waals surface area contributed by atoms with Crippen molar-refractivity contribution >= 4 is 17.3 Å². The predicted octanol–water partition coefficient (Wildman–Crippen LogP) is 2.85. The zero-order valence-corrected chi connectivity index (χ0v) is 11.9. The minimum Gasteiger partial charge on any atom is -0.480 e. The maximum atomic E-state index is 12.3. The molecule has 0 aromatic heterocycles. The van der Waals surface area contributed by atoms with E-state index in [1.165, 1.54) is 6.07 Å². The Morgan fingerprint density at radius 2 is 2.05 bits per heavy atom. The largest absolute Gasteiger partial charge is 0.480 e. The highest BCUT2D eigenvalue weighted by Gasteiger charge is 2.29. The van der Waals surface area contributed by atoms with Gasteiger partial charge >= 0.3 is 0 Å². The van der Waals surface area contributed by atoms with E-state index in [0.717, 1.165) is 5.56 Å². The fourth-order valence-corrected chi connectivity index (χ4v) is 2.50. The van der Waals surface area contributed by atoms with E-state index >= 15 is 0 Å². The van der Waals surface area contributed by atoms with Crippen LogP contribution < -0.4 is 10.1 Å². The second-order valence-corrected chi connectivity index (χ2v) is 5.11. The average molecular weight is 298 g/mol. The quantitative estimate of drug-likeness (QED) is 0.698. The molecule has 6 heteroatoms. The van der Waals surface area contributed by atoms with Crippen LogP contribution in [0.1, 0.15) is 11.1 Å². The number of nitrogens with one attached hydrogen (secondary N) is 1. The Balaban J connectivity index is 1.76. The fourth-order valence-electron chi connectivity index (χ4n) is 2.50. The standard InChI is InChI=1S/C16H14N2O4/c1-10-12(6-4-7-13(10)18(20)21)17-16(19)15-9-11-5-2-3-8-14(11)22-15/h2-8,15H,9H2,1H3,(H,17,19)/t15-/m0/s1. The molecule has 0 fully saturated rings. The van der Waals surface area contributed by atoms with Gasteiger partial charge in [0.15, 0.2) is 6.10 Å². The first-order valence-electron chi connectivity index (χ1n) is 6.85. The molecule has 0 aliphatic carbocycles. The summed E-state index contributed by atoms with van der Waals surface area (Å²) >= 11 is 0. The summed E-state index contributed by atoms with van der Waals surface area (Å²) in [6.07, 6.45) is -0.119. The molecule has 1 aliphatic rings. The Labute approximate surface area is 126 Å². The zero-order valence-electron chi connectivity index (χ0n) is 11.9. The summed E-state index contributed by atoms with van der Waals surface area (Å²) in [5.41, 5.74) is 1.82. The molecule has 0 saturated carbocycles. The number of ether oxygens (including phenoxy) is 1. The number of para-hydroxylation sites is 1. The van der Waals surface area contributed by atoms with E-state index in [0.29, 0.717) is 23.4 Å². The van der Waals surface area contributed by atoms with E-state index in [4.69, 9.17) is 4.74 Å². The number of benzene rings is 2. The Morgan fingerprint density at radius 3 is 2.77 bits per heavy atom. The van der Waals surface area contributed by atoms with Gasteiger partial charge in [-0.25, -0.2) is 0 Å². The second kappa shape index (κ2) is 5.48. The molecule has 1 amide bonds. The van der Waals surface area contributed by atoms with Crippen molar-refractivity contribution in [2.45, 2.75) is 19.4 Å². The Bertz CT molecular complexity index is 733. The van der Waals surface area contributed by atoms with Gasteiger partial charge in [0.25, 0.3) is 11.6 Å². The lowest BCUT2D eigenvalue weighted by Crippen LogP contribution is -2.31. The summed E-state index contributed by atoms with van der Waals surface area (Å²) in [6, 6.07) is 12.1. The lowest BCUT2D eigenvalue weighted by molar-refractivity contribution is -0.385. The van der Waals surface area contributed by atoms with Gasteiger partial charge in [0.2, 0.25) is 0 Å². The topological polar surface area (TPSA) is 81.5 Å². The van der Waals surface area contributed by atoms with Gasteiger partial charge in [0, 0.05) is 12.5 Å². The van der Waals surface area contributed by atoms with Gasteiger partial charge < -0.3 is 10.1 Å². The van der Waals surface area contributed by atoms with E-state index in [-0.39, 0.29) is 11.6 Å². The van der Waals surface area contributed by atoms with E-state index in [9.17, 15) is 14.9 Å². The molecule has 0 saturated heterocycles. The van der Waals surface area contributed by atoms with E-state index in [1.54, 1.807) is 19.1 Å². The molecule has 0 radical (unpaired) electrons. The summed E-state index contributed by atoms with van der Waals surface area (Å²) in [6.45, 7) is 1.61. The highest BCUT2D eigenvalue weighted by molar-refractivity contribution is 5.96. The van der Waals surface area contributed by atoms with Crippen LogP contribution in [0.15, 0.2) is 42.5 Å². The maximum Gasteiger partial charge on any atom is 0.274 e. The zero-order chi connectivity index (χ0) is 15.7. The van der Waals surface area contributed by atoms with Gasteiger partial charge in [-0.15, -0.1) is 0 Å². The van der Waals surface area contributed by atoms with Gasteiger partial charge in [-0.1, -0.05) is 24.3 Å². The van der Waals surface area contributed by atoms with E-state index < -0.39 is 11.0 Å². The second-order valence-electron chi connectivity index (χ2n) is 5.11. The molecule has 2 aromatic rings. The van der Waals surface area contributed by atoms with Crippen molar-refractivity contribution in [3.8, 4) is 5.75 Å². The van der Waals surface area contributed by atoms with Crippen LogP contribution in [0.25, 0.3) is 0 Å². The Hall–Kier alpha value is -2.89. The molecule has 1 atom stereocenters. The molecule has 1 heterocycles. The molecule has 2 aromatic carbocycles. The number of nitrogens with zero attached hydrogens (tertiary/aromatic N) is 1. The summed E-state index contributed by atoms with van der Waals surface area (Å²) in [7, 11) is 0. The van der Waals surface area contributed by atoms with Crippen molar-refractivity contribution in [3.05, 3.63) is 63.7 Å². The van der Waals surface area contributed by atoms with Crippen LogP contribution in [-0.2, 0) is 11.2 Å². The third kappa shape index (κ3) is 2.50. The number of nitro groups is 1. The van der Waals surface area contributed by atoms with Gasteiger partial charge in [-0.05, 0) is 24.6 Å². The molecule has 6 nitrogen and oxygen atoms in total. The normalized spacial score (nSPS) is 15.8. The van der Waals surface area contributed by atoms with Crippen molar-refractivity contribution in [1.29, 1.82) is 0 Å². The first-order chi connectivity index (χ1) is 10.6. The number of hydrogen-bond donors (Lipinski definition) is 1. The lowest BCUT2D eigenvalue weighted by Gasteiger charge is -2.13. The van der Waals surface area contributed by atoms with Crippen molar-refractivity contribution in [2.75, 3.05) is 5.32 Å². The predicted molar refractivity (Wildman–Crippen MR) is 81.0 cm³/mol. The molecule has 0 spiro atoms. The third-order valence-corrected chi connectivity index (χ3v) is 3.70. The first kappa shape index (κ1) is 14.1. The van der Waals surface area contributed by atoms with Gasteiger partial charge in [0.1, 0.15) is 5.75 Å². The summed E-state index contributed by atoms with van der Waals surface area (Å²) in [4.78, 5) is 22.8. The molecular formula is C16H14N2O4. The number of carbonyl (C=O) groups is 1. The Morgan fingerprint density at radius 1 is 1.27 bits per heavy atom. The van der Waals surface area contributed by atoms with Gasteiger partial charge in [0.05, 0.1) is 16.2 Å². The Kier molecular flexibility index (Phi) is 3.50. The number of anilines is 1. The summed E-state index contributed by atoms with van der Waals surface area (Å²) in [5.74, 6) is 0.401. The molecule has 112 valence electrons. The van der Waals surface area contributed by atoms with Crippen LogP contribution in [0.3, 0.4) is 0 Å². The molecule has 22 heavy (non-hydrogen) atoms. The molecular weight excluding hydrogens is 284 g/mol. The summed E-state index contributed by atoms with van der Waals surface area (Å²) in [5, 5.41) is 13.6. The van der Waals surface area contributed by atoms with Crippen LogP contribution >= 0.6 is 0 Å². The minimum atomic E-state index is -0.615. The van der Waals surface area contributed by atoms with Crippen molar-refractivity contribution in [3.63, 3.8) is 0 Å². The van der Waals surface area contributed by atoms with Gasteiger partial charge in [-0.3, -0.25) is 14.9 Å². The highest BCUT2D eigenvalue weighted by atomic mass is 16.6. The maximum absolute atomic E-state index is 12.3. The number of amides is 1. The first-order valence-corrected chi connectivity index (χ1v) is 6.85. The molecule has 1 aliphatic heterocycles. The monoisotopic (exact) mass is 298 g/mol. The number of hydrogen-bond acceptors (Lipinski definition) is 4. The molecule has 0 bridgehead atoms. The number of rotatable bonds is 3. The highest BCUT2D eigenvalue weighted by Crippen LogP contribution is 2.30. The smallest absolute Gasteiger partial charge is 0.274 e. The van der Waals surface area contributed by atoms with E-state index in [1.807, 2.05) is 24.3 Å². The van der Waals surface area contributed by atoms with Crippen LogP contribution in [0.4, 0.5) is 11.4 Å². The van der Waals surface area contributed by atoms with Crippen molar-refractivity contribution < 1.29 is 14.5 Å². The number of carbonyl (C=O) groups excluding carboxylic acids is 1. The average Bonchev–Trinajstić information content (AvgIpc) is 2.93. The lowest BCUT2D eigenvalue weighted by atomic mass is 10.1. The van der Waals surface area contributed by atoms with Gasteiger partial charge in [-0.2, -0.15) is 0 Å². The fraction of sp³-hybridized carbons (Fsp3) is 0.188. The third-order valence-electron chi connectivity index (χ3n) is 3.70. The van der Waals surface area contributed by atoms with E-state index in [2.05, 4.69) is 5.32 Å².